The van der Waals surface area contributed by atoms with Gasteiger partial charge in [-0.25, -0.2) is 14.8 Å². The highest BCUT2D eigenvalue weighted by atomic mass is 16.5. The van der Waals surface area contributed by atoms with Crippen LogP contribution in [0.4, 0.5) is 4.79 Å². The van der Waals surface area contributed by atoms with Crippen LogP contribution in [0.2, 0.25) is 0 Å². The number of nitrogens with one attached hydrogen (secondary N) is 2. The number of fused-ring (bicyclic) bond motifs is 3. The summed E-state index contributed by atoms with van der Waals surface area (Å²) in [5.74, 6) is -1.14. The topological polar surface area (TPSA) is 131 Å². The van der Waals surface area contributed by atoms with Crippen LogP contribution in [0.5, 0.6) is 0 Å². The van der Waals surface area contributed by atoms with E-state index in [1.807, 2.05) is 48.5 Å². The predicted octanol–water partition coefficient (Wildman–Crippen LogP) is 3.17. The summed E-state index contributed by atoms with van der Waals surface area (Å²) in [6.07, 6.45) is 0.443. The monoisotopic (exact) mass is 474 g/mol. The Kier molecular flexibility index (Phi) is 7.35. The Morgan fingerprint density at radius 2 is 1.69 bits per heavy atom. The number of carbonyl (C=O) groups excluding carboxylic acids is 2. The summed E-state index contributed by atoms with van der Waals surface area (Å²) < 4.78 is 5.51. The summed E-state index contributed by atoms with van der Waals surface area (Å²) in [5.41, 5.74) is 4.96. The number of carboxylic acid groups (broad SMARTS) is 1. The molecule has 1 heterocycles. The zero-order valence-electron chi connectivity index (χ0n) is 19.2. The average Bonchev–Trinajstić information content (AvgIpc) is 3.17. The third-order valence-corrected chi connectivity index (χ3v) is 5.88. The van der Waals surface area contributed by atoms with Gasteiger partial charge in [0.05, 0.1) is 12.2 Å². The van der Waals surface area contributed by atoms with Gasteiger partial charge in [-0.1, -0.05) is 48.5 Å². The molecule has 9 nitrogen and oxygen atoms in total. The van der Waals surface area contributed by atoms with Crippen LogP contribution >= 0.6 is 0 Å². The summed E-state index contributed by atoms with van der Waals surface area (Å²) in [6.45, 7) is 1.95. The van der Waals surface area contributed by atoms with E-state index in [9.17, 15) is 14.4 Å². The maximum absolute atomic E-state index is 12.7. The Balaban J connectivity index is 1.39. The fourth-order valence-corrected chi connectivity index (χ4v) is 4.22. The molecule has 0 fully saturated rings. The second-order valence-corrected chi connectivity index (χ2v) is 8.27. The molecule has 0 spiro atoms. The number of hydrogen-bond donors (Lipinski definition) is 3. The Morgan fingerprint density at radius 1 is 1.03 bits per heavy atom. The molecule has 0 aliphatic heterocycles. The van der Waals surface area contributed by atoms with Crippen molar-refractivity contribution >= 4 is 18.0 Å². The second-order valence-electron chi connectivity index (χ2n) is 8.27. The first kappa shape index (κ1) is 23.9. The quantitative estimate of drug-likeness (QED) is 0.434. The molecule has 4 rings (SSSR count). The van der Waals surface area contributed by atoms with Crippen LogP contribution in [-0.2, 0) is 20.9 Å². The summed E-state index contributed by atoms with van der Waals surface area (Å²) in [7, 11) is 0. The number of aryl methyl sites for hydroxylation is 1. The van der Waals surface area contributed by atoms with Crippen molar-refractivity contribution in [2.24, 2.45) is 0 Å². The van der Waals surface area contributed by atoms with E-state index in [4.69, 9.17) is 9.84 Å². The summed E-state index contributed by atoms with van der Waals surface area (Å²) in [5, 5.41) is 14.3. The van der Waals surface area contributed by atoms with Gasteiger partial charge in [-0.2, -0.15) is 0 Å². The number of rotatable bonds is 9. The summed E-state index contributed by atoms with van der Waals surface area (Å²) in [4.78, 5) is 44.6. The lowest BCUT2D eigenvalue weighted by atomic mass is 9.98. The average molecular weight is 475 g/mol. The molecule has 1 aliphatic carbocycles. The molecule has 2 aromatic carbocycles. The molecule has 0 bridgehead atoms. The van der Waals surface area contributed by atoms with Crippen molar-refractivity contribution in [2.75, 3.05) is 6.61 Å². The number of carbonyl (C=O) groups is 3. The molecule has 0 saturated heterocycles. The molecule has 9 heteroatoms. The van der Waals surface area contributed by atoms with Crippen LogP contribution in [0.3, 0.4) is 0 Å². The lowest BCUT2D eigenvalue weighted by Gasteiger charge is -2.19. The first-order chi connectivity index (χ1) is 16.9. The molecule has 2 amide bonds. The highest BCUT2D eigenvalue weighted by Crippen LogP contribution is 2.44. The number of nitrogens with zero attached hydrogens (tertiary/aromatic N) is 2. The lowest BCUT2D eigenvalue weighted by molar-refractivity contribution is -0.137. The molecule has 180 valence electrons. The zero-order chi connectivity index (χ0) is 24.8. The molecular formula is C26H26N4O5. The summed E-state index contributed by atoms with van der Waals surface area (Å²) >= 11 is 0. The number of hydrogen-bond acceptors (Lipinski definition) is 6. The van der Waals surface area contributed by atoms with E-state index in [1.165, 1.54) is 0 Å². The van der Waals surface area contributed by atoms with Crippen molar-refractivity contribution < 1.29 is 24.2 Å². The van der Waals surface area contributed by atoms with Gasteiger partial charge in [-0.15, -0.1) is 0 Å². The molecule has 0 radical (unpaired) electrons. The number of amides is 2. The Bertz CT molecular complexity index is 1200. The molecule has 1 atom stereocenters. The highest BCUT2D eigenvalue weighted by Gasteiger charge is 2.30. The van der Waals surface area contributed by atoms with Crippen molar-refractivity contribution in [3.63, 3.8) is 0 Å². The van der Waals surface area contributed by atoms with Gasteiger partial charge in [-0.05, 0) is 41.7 Å². The number of alkyl carbamates (subject to hydrolysis) is 1. The largest absolute Gasteiger partial charge is 0.481 e. The van der Waals surface area contributed by atoms with Crippen LogP contribution in [0.1, 0.15) is 41.4 Å². The minimum Gasteiger partial charge on any atom is -0.481 e. The highest BCUT2D eigenvalue weighted by molar-refractivity contribution is 5.86. The van der Waals surface area contributed by atoms with Gasteiger partial charge in [0.25, 0.3) is 0 Å². The maximum atomic E-state index is 12.7. The molecule has 3 aromatic rings. The number of carboxylic acids is 1. The standard InChI is InChI=1S/C26H26N4O5/c1-16-27-13-12-17(29-16)14-28-25(33)23(10-11-24(31)32)30-26(34)35-15-22-20-8-4-2-6-18(20)19-7-3-5-9-21(19)22/h2-9,12-13,22-23H,10-11,14-15H2,1H3,(H,28,33)(H,30,34)(H,31,32). The smallest absolute Gasteiger partial charge is 0.407 e. The van der Waals surface area contributed by atoms with Gasteiger partial charge in [0, 0.05) is 18.5 Å². The molecule has 1 aromatic heterocycles. The van der Waals surface area contributed by atoms with Gasteiger partial charge in [0.1, 0.15) is 18.5 Å². The number of ether oxygens (including phenoxy) is 1. The van der Waals surface area contributed by atoms with Gasteiger partial charge < -0.3 is 20.5 Å². The lowest BCUT2D eigenvalue weighted by Crippen LogP contribution is -2.47. The van der Waals surface area contributed by atoms with E-state index in [0.717, 1.165) is 22.3 Å². The van der Waals surface area contributed by atoms with E-state index < -0.39 is 24.0 Å². The second kappa shape index (κ2) is 10.8. The molecule has 1 unspecified atom stereocenters. The van der Waals surface area contributed by atoms with Crippen molar-refractivity contribution in [3.8, 4) is 11.1 Å². The zero-order valence-corrected chi connectivity index (χ0v) is 19.2. The normalized spacial score (nSPS) is 12.8. The predicted molar refractivity (Wildman–Crippen MR) is 127 cm³/mol. The van der Waals surface area contributed by atoms with E-state index in [2.05, 4.69) is 20.6 Å². The molecule has 3 N–H and O–H groups in total. The van der Waals surface area contributed by atoms with Crippen LogP contribution in [0.15, 0.2) is 60.8 Å². The van der Waals surface area contributed by atoms with Gasteiger partial charge in [0.15, 0.2) is 0 Å². The maximum Gasteiger partial charge on any atom is 0.407 e. The van der Waals surface area contributed by atoms with Crippen LogP contribution in [0, 0.1) is 6.92 Å². The Morgan fingerprint density at radius 3 is 2.31 bits per heavy atom. The SMILES string of the molecule is Cc1nccc(CNC(=O)C(CCC(=O)O)NC(=O)OCC2c3ccccc3-c3ccccc32)n1. The van der Waals surface area contributed by atoms with E-state index >= 15 is 0 Å². The minimum atomic E-state index is -1.07. The van der Waals surface area contributed by atoms with Gasteiger partial charge >= 0.3 is 12.1 Å². The third-order valence-electron chi connectivity index (χ3n) is 5.88. The minimum absolute atomic E-state index is 0.0752. The molecular weight excluding hydrogens is 448 g/mol. The van der Waals surface area contributed by atoms with E-state index in [0.29, 0.717) is 11.5 Å². The van der Waals surface area contributed by atoms with Crippen LogP contribution in [0.25, 0.3) is 11.1 Å². The number of aromatic nitrogens is 2. The number of aliphatic carboxylic acids is 1. The van der Waals surface area contributed by atoms with Gasteiger partial charge in [0.2, 0.25) is 5.91 Å². The van der Waals surface area contributed by atoms with Crippen molar-refractivity contribution in [1.82, 2.24) is 20.6 Å². The fraction of sp³-hybridized carbons (Fsp3) is 0.269. The molecule has 1 aliphatic rings. The van der Waals surface area contributed by atoms with Crippen molar-refractivity contribution in [1.29, 1.82) is 0 Å². The Labute approximate surface area is 202 Å². The molecule has 0 saturated carbocycles. The van der Waals surface area contributed by atoms with Crippen molar-refractivity contribution in [2.45, 2.75) is 38.3 Å². The van der Waals surface area contributed by atoms with E-state index in [1.54, 1.807) is 19.2 Å². The van der Waals surface area contributed by atoms with Crippen molar-refractivity contribution in [3.05, 3.63) is 83.4 Å². The fourth-order valence-electron chi connectivity index (χ4n) is 4.22. The molecule has 35 heavy (non-hydrogen) atoms. The third kappa shape index (κ3) is 5.81. The van der Waals surface area contributed by atoms with Gasteiger partial charge in [-0.3, -0.25) is 9.59 Å². The first-order valence-electron chi connectivity index (χ1n) is 11.3. The van der Waals surface area contributed by atoms with E-state index in [-0.39, 0.29) is 31.9 Å². The number of benzene rings is 2. The summed E-state index contributed by atoms with van der Waals surface area (Å²) in [6, 6.07) is 16.5. The van der Waals surface area contributed by atoms with Crippen LogP contribution < -0.4 is 10.6 Å². The van der Waals surface area contributed by atoms with Crippen LogP contribution in [-0.4, -0.2) is 45.7 Å². The first-order valence-corrected chi connectivity index (χ1v) is 11.3. The Hall–Kier alpha value is -4.27.